The fourth-order valence-electron chi connectivity index (χ4n) is 1.56. The highest BCUT2D eigenvalue weighted by Gasteiger charge is 2.05. The van der Waals surface area contributed by atoms with Crippen molar-refractivity contribution in [2.75, 3.05) is 7.11 Å². The molecule has 0 atom stereocenters. The lowest BCUT2D eigenvalue weighted by atomic mass is 10.1. The fraction of sp³-hybridized carbons (Fsp3) is 0.0667. The molecule has 20 heavy (non-hydrogen) atoms. The van der Waals surface area contributed by atoms with Gasteiger partial charge >= 0.3 is 5.97 Å². The molecule has 2 rings (SSSR count). The SMILES string of the molecule is COC(=O)c1ccc(C=Cc2occc(=O)c2O)cc1. The van der Waals surface area contributed by atoms with Crippen LogP contribution in [0.25, 0.3) is 12.2 Å². The van der Waals surface area contributed by atoms with Gasteiger partial charge in [-0.15, -0.1) is 0 Å². The Morgan fingerprint density at radius 1 is 1.20 bits per heavy atom. The zero-order valence-electron chi connectivity index (χ0n) is 10.7. The van der Waals surface area contributed by atoms with Gasteiger partial charge in [-0.3, -0.25) is 4.79 Å². The molecule has 0 radical (unpaired) electrons. The van der Waals surface area contributed by atoms with Crippen LogP contribution in [-0.4, -0.2) is 18.2 Å². The van der Waals surface area contributed by atoms with Crippen LogP contribution in [0.5, 0.6) is 5.75 Å². The van der Waals surface area contributed by atoms with Crippen molar-refractivity contribution in [1.82, 2.24) is 0 Å². The van der Waals surface area contributed by atoms with Crippen LogP contribution in [0.15, 0.2) is 45.8 Å². The van der Waals surface area contributed by atoms with E-state index in [4.69, 9.17) is 4.42 Å². The van der Waals surface area contributed by atoms with Crippen LogP contribution in [0.3, 0.4) is 0 Å². The lowest BCUT2D eigenvalue weighted by Crippen LogP contribution is -2.00. The number of esters is 1. The quantitative estimate of drug-likeness (QED) is 0.867. The summed E-state index contributed by atoms with van der Waals surface area (Å²) < 4.78 is 9.62. The van der Waals surface area contributed by atoms with Crippen LogP contribution in [-0.2, 0) is 4.74 Å². The molecule has 0 amide bonds. The molecule has 0 aliphatic heterocycles. The van der Waals surface area contributed by atoms with Gasteiger partial charge in [0.25, 0.3) is 0 Å². The number of methoxy groups -OCH3 is 1. The molecular weight excluding hydrogens is 260 g/mol. The van der Waals surface area contributed by atoms with Gasteiger partial charge in [0.1, 0.15) is 0 Å². The second-order valence-electron chi connectivity index (χ2n) is 3.94. The van der Waals surface area contributed by atoms with Crippen molar-refractivity contribution in [2.45, 2.75) is 0 Å². The molecule has 1 aromatic heterocycles. The van der Waals surface area contributed by atoms with E-state index in [0.29, 0.717) is 5.56 Å². The third-order valence-corrected chi connectivity index (χ3v) is 2.64. The summed E-state index contributed by atoms with van der Waals surface area (Å²) in [7, 11) is 1.32. The molecule has 5 nitrogen and oxygen atoms in total. The number of rotatable bonds is 3. The van der Waals surface area contributed by atoms with E-state index in [-0.39, 0.29) is 5.76 Å². The first-order chi connectivity index (χ1) is 9.61. The van der Waals surface area contributed by atoms with Crippen LogP contribution in [0.2, 0.25) is 0 Å². The van der Waals surface area contributed by atoms with E-state index >= 15 is 0 Å². The molecule has 1 aromatic carbocycles. The van der Waals surface area contributed by atoms with Gasteiger partial charge < -0.3 is 14.3 Å². The Bertz CT molecular complexity index is 695. The normalized spacial score (nSPS) is 10.7. The maximum absolute atomic E-state index is 11.3. The summed E-state index contributed by atoms with van der Waals surface area (Å²) in [4.78, 5) is 22.5. The fourth-order valence-corrected chi connectivity index (χ4v) is 1.56. The minimum absolute atomic E-state index is 0.0783. The van der Waals surface area contributed by atoms with E-state index in [2.05, 4.69) is 4.74 Å². The first-order valence-electron chi connectivity index (χ1n) is 5.79. The maximum atomic E-state index is 11.3. The average molecular weight is 272 g/mol. The lowest BCUT2D eigenvalue weighted by Gasteiger charge is -1.99. The van der Waals surface area contributed by atoms with Crippen molar-refractivity contribution >= 4 is 18.1 Å². The number of carbonyl (C=O) groups excluding carboxylic acids is 1. The predicted octanol–water partition coefficient (Wildman–Crippen LogP) is 2.30. The first-order valence-corrected chi connectivity index (χ1v) is 5.79. The van der Waals surface area contributed by atoms with Gasteiger partial charge in [-0.25, -0.2) is 4.79 Å². The van der Waals surface area contributed by atoms with Gasteiger partial charge in [-0.2, -0.15) is 0 Å². The summed E-state index contributed by atoms with van der Waals surface area (Å²) in [5, 5.41) is 9.51. The summed E-state index contributed by atoms with van der Waals surface area (Å²) in [6.45, 7) is 0. The molecule has 0 bridgehead atoms. The molecule has 0 spiro atoms. The Kier molecular flexibility index (Phi) is 4.00. The molecule has 102 valence electrons. The Labute approximate surface area is 114 Å². The van der Waals surface area contributed by atoms with Gasteiger partial charge in [0, 0.05) is 6.07 Å². The van der Waals surface area contributed by atoms with Crippen LogP contribution >= 0.6 is 0 Å². The van der Waals surface area contributed by atoms with Crippen LogP contribution in [0.4, 0.5) is 0 Å². The van der Waals surface area contributed by atoms with E-state index in [1.165, 1.54) is 19.4 Å². The zero-order chi connectivity index (χ0) is 14.5. The summed E-state index contributed by atoms with van der Waals surface area (Å²) >= 11 is 0. The van der Waals surface area contributed by atoms with E-state index in [1.54, 1.807) is 30.3 Å². The van der Waals surface area contributed by atoms with Crippen LogP contribution in [0, 0.1) is 0 Å². The monoisotopic (exact) mass is 272 g/mol. The van der Waals surface area contributed by atoms with Crippen molar-refractivity contribution in [2.24, 2.45) is 0 Å². The number of aromatic hydroxyl groups is 1. The van der Waals surface area contributed by atoms with E-state index < -0.39 is 17.1 Å². The highest BCUT2D eigenvalue weighted by atomic mass is 16.5. The van der Waals surface area contributed by atoms with Crippen LogP contribution in [0.1, 0.15) is 21.7 Å². The third kappa shape index (κ3) is 2.95. The standard InChI is InChI=1S/C15H12O5/c1-19-15(18)11-5-2-10(3-6-11)4-7-13-14(17)12(16)8-9-20-13/h2-9,17H,1H3. The van der Waals surface area contributed by atoms with Gasteiger partial charge in [0.15, 0.2) is 5.76 Å². The molecule has 0 fully saturated rings. The second-order valence-corrected chi connectivity index (χ2v) is 3.94. The molecule has 5 heteroatoms. The average Bonchev–Trinajstić information content (AvgIpc) is 2.48. The predicted molar refractivity (Wildman–Crippen MR) is 73.4 cm³/mol. The Balaban J connectivity index is 2.21. The molecule has 0 saturated carbocycles. The number of ether oxygens (including phenoxy) is 1. The van der Waals surface area contributed by atoms with Crippen molar-refractivity contribution < 1.29 is 19.1 Å². The molecule has 0 aliphatic carbocycles. The van der Waals surface area contributed by atoms with Gasteiger partial charge in [0.05, 0.1) is 18.9 Å². The van der Waals surface area contributed by atoms with Crippen molar-refractivity contribution in [1.29, 1.82) is 0 Å². The number of benzene rings is 1. The summed E-state index contributed by atoms with van der Waals surface area (Å²) in [6, 6.07) is 7.79. The summed E-state index contributed by atoms with van der Waals surface area (Å²) in [5.41, 5.74) is 0.722. The number of carbonyl (C=O) groups is 1. The number of hydrogen-bond acceptors (Lipinski definition) is 5. The Hall–Kier alpha value is -2.82. The Morgan fingerprint density at radius 3 is 2.55 bits per heavy atom. The second kappa shape index (κ2) is 5.88. The molecule has 1 N–H and O–H groups in total. The molecular formula is C15H12O5. The first kappa shape index (κ1) is 13.6. The van der Waals surface area contributed by atoms with E-state index in [1.807, 2.05) is 0 Å². The van der Waals surface area contributed by atoms with E-state index in [9.17, 15) is 14.7 Å². The van der Waals surface area contributed by atoms with Gasteiger partial charge in [-0.05, 0) is 23.8 Å². The highest BCUT2D eigenvalue weighted by Crippen LogP contribution is 2.15. The molecule has 0 saturated heterocycles. The lowest BCUT2D eigenvalue weighted by molar-refractivity contribution is 0.0600. The molecule has 0 unspecified atom stereocenters. The zero-order valence-corrected chi connectivity index (χ0v) is 10.7. The smallest absolute Gasteiger partial charge is 0.337 e. The summed E-state index contributed by atoms with van der Waals surface area (Å²) in [5.74, 6) is -0.767. The maximum Gasteiger partial charge on any atom is 0.337 e. The van der Waals surface area contributed by atoms with Gasteiger partial charge in [-0.1, -0.05) is 18.2 Å². The Morgan fingerprint density at radius 2 is 1.90 bits per heavy atom. The van der Waals surface area contributed by atoms with Crippen molar-refractivity contribution in [3.8, 4) is 5.75 Å². The van der Waals surface area contributed by atoms with Gasteiger partial charge in [0.2, 0.25) is 11.2 Å². The third-order valence-electron chi connectivity index (χ3n) is 2.64. The molecule has 1 heterocycles. The molecule has 0 aliphatic rings. The van der Waals surface area contributed by atoms with E-state index in [0.717, 1.165) is 11.6 Å². The topological polar surface area (TPSA) is 76.7 Å². The highest BCUT2D eigenvalue weighted by molar-refractivity contribution is 5.89. The number of hydrogen-bond donors (Lipinski definition) is 1. The van der Waals surface area contributed by atoms with Crippen LogP contribution < -0.4 is 5.43 Å². The minimum atomic E-state index is -0.503. The van der Waals surface area contributed by atoms with Crippen molar-refractivity contribution in [3.05, 3.63) is 63.7 Å². The van der Waals surface area contributed by atoms with Crippen molar-refractivity contribution in [3.63, 3.8) is 0 Å². The largest absolute Gasteiger partial charge is 0.502 e. The minimum Gasteiger partial charge on any atom is -0.502 e. The summed E-state index contributed by atoms with van der Waals surface area (Å²) in [6.07, 6.45) is 4.34. The molecule has 2 aromatic rings.